The van der Waals surface area contributed by atoms with E-state index in [1.165, 1.54) is 6.92 Å². The zero-order chi connectivity index (χ0) is 14.1. The SMILES string of the molecule is C=CC(=O)OC(C)C(OC(=O)C=C)OC(=O)C=C. The van der Waals surface area contributed by atoms with Gasteiger partial charge in [-0.1, -0.05) is 19.7 Å². The lowest BCUT2D eigenvalue weighted by molar-refractivity contribution is -0.205. The van der Waals surface area contributed by atoms with Gasteiger partial charge in [0, 0.05) is 18.2 Å². The summed E-state index contributed by atoms with van der Waals surface area (Å²) in [6, 6.07) is 0. The molecular formula is C12H14O6. The van der Waals surface area contributed by atoms with Crippen LogP contribution in [0.5, 0.6) is 0 Å². The molecule has 6 heteroatoms. The van der Waals surface area contributed by atoms with Gasteiger partial charge in [0.2, 0.25) is 0 Å². The van der Waals surface area contributed by atoms with E-state index >= 15 is 0 Å². The van der Waals surface area contributed by atoms with Gasteiger partial charge in [-0.2, -0.15) is 0 Å². The van der Waals surface area contributed by atoms with E-state index in [0.717, 1.165) is 18.2 Å². The van der Waals surface area contributed by atoms with Crippen molar-refractivity contribution in [2.45, 2.75) is 19.3 Å². The Morgan fingerprint density at radius 2 is 1.17 bits per heavy atom. The number of rotatable bonds is 7. The molecule has 0 aliphatic carbocycles. The molecule has 0 heterocycles. The van der Waals surface area contributed by atoms with Crippen molar-refractivity contribution in [2.24, 2.45) is 0 Å². The third-order valence-electron chi connectivity index (χ3n) is 1.65. The zero-order valence-electron chi connectivity index (χ0n) is 9.96. The van der Waals surface area contributed by atoms with Crippen LogP contribution in [-0.4, -0.2) is 30.3 Å². The Hall–Kier alpha value is -2.37. The fourth-order valence-corrected chi connectivity index (χ4v) is 0.828. The Morgan fingerprint density at radius 3 is 1.50 bits per heavy atom. The summed E-state index contributed by atoms with van der Waals surface area (Å²) in [6.07, 6.45) is 0.319. The quantitative estimate of drug-likeness (QED) is 0.381. The number of ether oxygens (including phenoxy) is 3. The lowest BCUT2D eigenvalue weighted by Gasteiger charge is -2.22. The summed E-state index contributed by atoms with van der Waals surface area (Å²) in [5, 5.41) is 0. The van der Waals surface area contributed by atoms with Crippen molar-refractivity contribution in [3.05, 3.63) is 38.0 Å². The van der Waals surface area contributed by atoms with E-state index in [1.807, 2.05) is 0 Å². The monoisotopic (exact) mass is 254 g/mol. The van der Waals surface area contributed by atoms with Gasteiger partial charge in [-0.05, 0) is 6.92 Å². The van der Waals surface area contributed by atoms with Crippen LogP contribution in [0.1, 0.15) is 6.92 Å². The first kappa shape index (κ1) is 15.6. The molecule has 0 amide bonds. The zero-order valence-corrected chi connectivity index (χ0v) is 9.96. The van der Waals surface area contributed by atoms with E-state index in [9.17, 15) is 14.4 Å². The summed E-state index contributed by atoms with van der Waals surface area (Å²) in [7, 11) is 0. The van der Waals surface area contributed by atoms with Gasteiger partial charge in [0.05, 0.1) is 0 Å². The first-order chi connectivity index (χ1) is 8.44. The predicted molar refractivity (Wildman–Crippen MR) is 62.1 cm³/mol. The van der Waals surface area contributed by atoms with E-state index in [-0.39, 0.29) is 0 Å². The molecule has 0 aromatic carbocycles. The van der Waals surface area contributed by atoms with Crippen LogP contribution in [0, 0.1) is 0 Å². The fourth-order valence-electron chi connectivity index (χ4n) is 0.828. The largest absolute Gasteiger partial charge is 0.452 e. The highest BCUT2D eigenvalue weighted by Crippen LogP contribution is 2.08. The average Bonchev–Trinajstić information content (AvgIpc) is 2.36. The normalized spacial score (nSPS) is 11.0. The Kier molecular flexibility index (Phi) is 6.80. The van der Waals surface area contributed by atoms with Gasteiger partial charge in [0.25, 0.3) is 6.29 Å². The average molecular weight is 254 g/mol. The fraction of sp³-hybridized carbons (Fsp3) is 0.250. The third kappa shape index (κ3) is 5.64. The summed E-state index contributed by atoms with van der Waals surface area (Å²) >= 11 is 0. The highest BCUT2D eigenvalue weighted by molar-refractivity contribution is 5.83. The van der Waals surface area contributed by atoms with Gasteiger partial charge >= 0.3 is 17.9 Å². The van der Waals surface area contributed by atoms with Gasteiger partial charge in [-0.25, -0.2) is 14.4 Å². The molecule has 0 saturated carbocycles. The minimum absolute atomic E-state index is 0.739. The van der Waals surface area contributed by atoms with E-state index in [2.05, 4.69) is 19.7 Å². The number of carbonyl (C=O) groups excluding carboxylic acids is 3. The van der Waals surface area contributed by atoms with Gasteiger partial charge < -0.3 is 14.2 Å². The second kappa shape index (κ2) is 7.83. The molecule has 0 fully saturated rings. The first-order valence-corrected chi connectivity index (χ1v) is 4.93. The Bertz CT molecular complexity index is 349. The summed E-state index contributed by atoms with van der Waals surface area (Å²) < 4.78 is 14.2. The Morgan fingerprint density at radius 1 is 0.833 bits per heavy atom. The number of esters is 3. The van der Waals surface area contributed by atoms with E-state index in [1.54, 1.807) is 0 Å². The summed E-state index contributed by atoms with van der Waals surface area (Å²) in [6.45, 7) is 11.0. The van der Waals surface area contributed by atoms with Gasteiger partial charge in [-0.3, -0.25) is 0 Å². The molecule has 0 radical (unpaired) electrons. The maximum absolute atomic E-state index is 11.0. The van der Waals surface area contributed by atoms with Crippen molar-refractivity contribution >= 4 is 17.9 Å². The van der Waals surface area contributed by atoms with E-state index in [4.69, 9.17) is 14.2 Å². The Balaban J connectivity index is 4.71. The number of hydrogen-bond acceptors (Lipinski definition) is 6. The van der Waals surface area contributed by atoms with Crippen molar-refractivity contribution in [1.82, 2.24) is 0 Å². The molecule has 0 rings (SSSR count). The summed E-state index contributed by atoms with van der Waals surface area (Å²) in [4.78, 5) is 33.0. The third-order valence-corrected chi connectivity index (χ3v) is 1.65. The van der Waals surface area contributed by atoms with Crippen LogP contribution in [-0.2, 0) is 28.6 Å². The number of hydrogen-bond donors (Lipinski definition) is 0. The van der Waals surface area contributed by atoms with Crippen molar-refractivity contribution in [3.63, 3.8) is 0 Å². The van der Waals surface area contributed by atoms with Gasteiger partial charge in [-0.15, -0.1) is 0 Å². The molecule has 98 valence electrons. The molecule has 0 aromatic rings. The second-order valence-electron chi connectivity index (χ2n) is 3.00. The van der Waals surface area contributed by atoms with Crippen LogP contribution >= 0.6 is 0 Å². The van der Waals surface area contributed by atoms with Crippen LogP contribution in [0.2, 0.25) is 0 Å². The summed E-state index contributed by atoms with van der Waals surface area (Å²) in [5.74, 6) is -2.38. The van der Waals surface area contributed by atoms with E-state index in [0.29, 0.717) is 0 Å². The molecule has 1 unspecified atom stereocenters. The van der Waals surface area contributed by atoms with Crippen molar-refractivity contribution < 1.29 is 28.6 Å². The van der Waals surface area contributed by atoms with Crippen molar-refractivity contribution in [1.29, 1.82) is 0 Å². The van der Waals surface area contributed by atoms with Gasteiger partial charge in [0.15, 0.2) is 6.10 Å². The first-order valence-electron chi connectivity index (χ1n) is 4.93. The molecule has 1 atom stereocenters. The molecular weight excluding hydrogens is 240 g/mol. The molecule has 0 aliphatic rings. The molecule has 0 N–H and O–H groups in total. The van der Waals surface area contributed by atoms with Crippen LogP contribution < -0.4 is 0 Å². The lowest BCUT2D eigenvalue weighted by Crippen LogP contribution is -2.36. The highest BCUT2D eigenvalue weighted by Gasteiger charge is 2.26. The molecule has 0 saturated heterocycles. The van der Waals surface area contributed by atoms with Crippen LogP contribution in [0.25, 0.3) is 0 Å². The van der Waals surface area contributed by atoms with E-state index < -0.39 is 30.3 Å². The van der Waals surface area contributed by atoms with Crippen molar-refractivity contribution in [3.8, 4) is 0 Å². The minimum atomic E-state index is -1.38. The van der Waals surface area contributed by atoms with Gasteiger partial charge in [0.1, 0.15) is 0 Å². The minimum Gasteiger partial charge on any atom is -0.452 e. The standard InChI is InChI=1S/C12H14O6/c1-5-9(13)16-8(4)12(17-10(14)6-2)18-11(15)7-3/h5-8,12H,1-3H2,4H3. The molecule has 18 heavy (non-hydrogen) atoms. The second-order valence-corrected chi connectivity index (χ2v) is 3.00. The van der Waals surface area contributed by atoms with Crippen molar-refractivity contribution in [2.75, 3.05) is 0 Å². The molecule has 0 aromatic heterocycles. The molecule has 6 nitrogen and oxygen atoms in total. The highest BCUT2D eigenvalue weighted by atomic mass is 16.7. The Labute approximate surface area is 105 Å². The molecule has 0 aliphatic heterocycles. The van der Waals surface area contributed by atoms with Crippen LogP contribution in [0.4, 0.5) is 0 Å². The predicted octanol–water partition coefficient (Wildman–Crippen LogP) is 0.889. The maximum atomic E-state index is 11.0. The summed E-state index contributed by atoms with van der Waals surface area (Å²) in [5.41, 5.74) is 0. The van der Waals surface area contributed by atoms with Crippen LogP contribution in [0.15, 0.2) is 38.0 Å². The smallest absolute Gasteiger partial charge is 0.333 e. The van der Waals surface area contributed by atoms with Crippen LogP contribution in [0.3, 0.4) is 0 Å². The number of carbonyl (C=O) groups is 3. The maximum Gasteiger partial charge on any atom is 0.333 e. The molecule has 0 spiro atoms. The topological polar surface area (TPSA) is 78.9 Å². The molecule has 0 bridgehead atoms. The lowest BCUT2D eigenvalue weighted by atomic mass is 10.4.